The molecule has 0 aliphatic heterocycles. The average Bonchev–Trinajstić information content (AvgIpc) is 3.10. The summed E-state index contributed by atoms with van der Waals surface area (Å²) in [6.07, 6.45) is 6.99. The van der Waals surface area contributed by atoms with Gasteiger partial charge in [-0.05, 0) is 39.0 Å². The van der Waals surface area contributed by atoms with E-state index < -0.39 is 35.8 Å². The molecule has 0 saturated heterocycles. The molecule has 0 heterocycles. The highest BCUT2D eigenvalue weighted by Gasteiger charge is 2.25. The summed E-state index contributed by atoms with van der Waals surface area (Å²) < 4.78 is 20.9. The van der Waals surface area contributed by atoms with E-state index in [1.807, 2.05) is 0 Å². The molecule has 0 bridgehead atoms. The van der Waals surface area contributed by atoms with Crippen molar-refractivity contribution >= 4 is 47.1 Å². The molecule has 5 N–H and O–H groups in total. The quantitative estimate of drug-likeness (QED) is 0.0563. The monoisotopic (exact) mass is 774 g/mol. The lowest BCUT2D eigenvalue weighted by Crippen LogP contribution is -2.41. The lowest BCUT2D eigenvalue weighted by molar-refractivity contribution is -0.145. The Morgan fingerprint density at radius 1 is 0.519 bits per heavy atom. The summed E-state index contributed by atoms with van der Waals surface area (Å²) in [4.78, 5) is 93.5. The number of ketones is 3. The topological polar surface area (TPSA) is 258 Å². The first-order valence-corrected chi connectivity index (χ1v) is 18.9. The van der Waals surface area contributed by atoms with Gasteiger partial charge in [-0.15, -0.1) is 0 Å². The Morgan fingerprint density at radius 2 is 1.07 bits per heavy atom. The second-order valence-electron chi connectivity index (χ2n) is 13.1. The number of carbonyl (C=O) groups excluding carboxylic acids is 5. The van der Waals surface area contributed by atoms with Crippen LogP contribution in [0.5, 0.6) is 0 Å². The molecule has 0 fully saturated rings. The zero-order chi connectivity index (χ0) is 40.4. The molecule has 0 saturated carbocycles. The fourth-order valence-corrected chi connectivity index (χ4v) is 5.11. The molecular formula is C37H62N2O15. The van der Waals surface area contributed by atoms with Gasteiger partial charge in [-0.1, -0.05) is 38.5 Å². The Balaban J connectivity index is 4.05. The van der Waals surface area contributed by atoms with Gasteiger partial charge in [-0.25, -0.2) is 4.79 Å². The first-order valence-electron chi connectivity index (χ1n) is 18.9. The van der Waals surface area contributed by atoms with Crippen molar-refractivity contribution in [2.24, 2.45) is 5.92 Å². The van der Waals surface area contributed by atoms with Gasteiger partial charge in [-0.2, -0.15) is 0 Å². The van der Waals surface area contributed by atoms with Crippen LogP contribution in [0.15, 0.2) is 0 Å². The Hall–Kier alpha value is -3.80. The second-order valence-corrected chi connectivity index (χ2v) is 13.1. The summed E-state index contributed by atoms with van der Waals surface area (Å²) in [6.45, 7) is 3.09. The molecule has 0 rings (SSSR count). The van der Waals surface area contributed by atoms with Crippen LogP contribution >= 0.6 is 0 Å². The number of nitrogens with one attached hydrogen (secondary N) is 2. The highest BCUT2D eigenvalue weighted by Crippen LogP contribution is 2.17. The maximum Gasteiger partial charge on any atom is 0.326 e. The standard InChI is InChI=1S/C37H62N2O15/c1-28(40)26-53-23-22-52-20-18-38-34(44)27-54-24-21-51-19-10-12-30(41)15-16-32(37(49)50)39-33(43)17-14-29(36(47)48)25-31(42)11-8-6-4-2-3-5-7-9-13-35(45)46/h29,32H,2-27H2,1H3,(H,38,44)(H,39,43)(H,45,46)(H,47,48)(H,49,50)/t29-,32+/m1/s1. The van der Waals surface area contributed by atoms with Gasteiger partial charge < -0.3 is 44.9 Å². The van der Waals surface area contributed by atoms with Crippen LogP contribution in [0.3, 0.4) is 0 Å². The molecule has 17 nitrogen and oxygen atoms in total. The van der Waals surface area contributed by atoms with Gasteiger partial charge in [0.15, 0.2) is 5.78 Å². The Morgan fingerprint density at radius 3 is 1.67 bits per heavy atom. The highest BCUT2D eigenvalue weighted by atomic mass is 16.5. The van der Waals surface area contributed by atoms with E-state index in [0.29, 0.717) is 32.4 Å². The Bertz CT molecular complexity index is 1130. The number of carboxylic acid groups (broad SMARTS) is 3. The van der Waals surface area contributed by atoms with E-state index >= 15 is 0 Å². The summed E-state index contributed by atoms with van der Waals surface area (Å²) in [5.74, 6) is -5.87. The Labute approximate surface area is 317 Å². The summed E-state index contributed by atoms with van der Waals surface area (Å²) in [6, 6.07) is -1.33. The van der Waals surface area contributed by atoms with E-state index in [9.17, 15) is 48.6 Å². The van der Waals surface area contributed by atoms with Crippen molar-refractivity contribution in [2.45, 2.75) is 122 Å². The summed E-state index contributed by atoms with van der Waals surface area (Å²) in [5, 5.41) is 32.7. The van der Waals surface area contributed by atoms with Crippen molar-refractivity contribution in [3.8, 4) is 0 Å². The van der Waals surface area contributed by atoms with Crippen LogP contribution in [0.1, 0.15) is 116 Å². The largest absolute Gasteiger partial charge is 0.481 e. The van der Waals surface area contributed by atoms with E-state index in [2.05, 4.69) is 10.6 Å². The smallest absolute Gasteiger partial charge is 0.326 e. The van der Waals surface area contributed by atoms with Crippen molar-refractivity contribution < 1.29 is 72.6 Å². The van der Waals surface area contributed by atoms with Crippen LogP contribution in [-0.4, -0.2) is 128 Å². The maximum atomic E-state index is 12.4. The Kier molecular flexibility index (Phi) is 31.4. The van der Waals surface area contributed by atoms with Gasteiger partial charge in [-0.3, -0.25) is 33.6 Å². The van der Waals surface area contributed by atoms with E-state index in [1.165, 1.54) is 6.92 Å². The SMILES string of the molecule is CC(=O)COCCOCCNC(=O)COCCOCCCC(=O)CC[C@H](NC(=O)CC[C@H](CC(=O)CCCCCCCCCCC(=O)O)C(=O)O)C(=O)O. The van der Waals surface area contributed by atoms with E-state index in [0.717, 1.165) is 38.5 Å². The van der Waals surface area contributed by atoms with Gasteiger partial charge in [0.1, 0.15) is 30.8 Å². The maximum absolute atomic E-state index is 12.4. The molecule has 17 heteroatoms. The second kappa shape index (κ2) is 33.7. The first kappa shape index (κ1) is 50.2. The fraction of sp³-hybridized carbons (Fsp3) is 0.784. The third-order valence-electron chi connectivity index (χ3n) is 8.08. The summed E-state index contributed by atoms with van der Waals surface area (Å²) >= 11 is 0. The van der Waals surface area contributed by atoms with Crippen molar-refractivity contribution in [3.63, 3.8) is 0 Å². The molecule has 0 aromatic rings. The molecule has 0 aliphatic carbocycles. The van der Waals surface area contributed by atoms with Crippen LogP contribution < -0.4 is 10.6 Å². The fourth-order valence-electron chi connectivity index (χ4n) is 5.11. The number of carbonyl (C=O) groups is 8. The van der Waals surface area contributed by atoms with E-state index in [1.54, 1.807) is 0 Å². The van der Waals surface area contributed by atoms with E-state index in [-0.39, 0.29) is 121 Å². The van der Waals surface area contributed by atoms with Gasteiger partial charge in [0.05, 0.1) is 39.0 Å². The minimum absolute atomic E-state index is 0.0399. The molecule has 2 atom stereocenters. The molecule has 0 radical (unpaired) electrons. The van der Waals surface area contributed by atoms with E-state index in [4.69, 9.17) is 24.1 Å². The number of aliphatic carboxylic acids is 3. The van der Waals surface area contributed by atoms with Crippen molar-refractivity contribution in [1.29, 1.82) is 0 Å². The van der Waals surface area contributed by atoms with Crippen LogP contribution in [0.4, 0.5) is 0 Å². The first-order chi connectivity index (χ1) is 25.8. The van der Waals surface area contributed by atoms with Crippen molar-refractivity contribution in [1.82, 2.24) is 10.6 Å². The minimum Gasteiger partial charge on any atom is -0.481 e. The summed E-state index contributed by atoms with van der Waals surface area (Å²) in [5.41, 5.74) is 0. The van der Waals surface area contributed by atoms with Crippen LogP contribution in [0, 0.1) is 5.92 Å². The predicted octanol–water partition coefficient (Wildman–Crippen LogP) is 2.88. The molecule has 0 aliphatic rings. The molecule has 0 aromatic carbocycles. The number of carboxylic acids is 3. The molecule has 0 aromatic heterocycles. The number of rotatable bonds is 39. The summed E-state index contributed by atoms with van der Waals surface area (Å²) in [7, 11) is 0. The number of hydrogen-bond acceptors (Lipinski definition) is 12. The molecule has 0 unspecified atom stereocenters. The molecular weight excluding hydrogens is 712 g/mol. The van der Waals surface area contributed by atoms with Crippen molar-refractivity contribution in [3.05, 3.63) is 0 Å². The normalized spacial score (nSPS) is 12.1. The van der Waals surface area contributed by atoms with Gasteiger partial charge in [0, 0.05) is 51.7 Å². The van der Waals surface area contributed by atoms with Crippen LogP contribution in [0.2, 0.25) is 0 Å². The number of unbranched alkanes of at least 4 members (excludes halogenated alkanes) is 7. The third-order valence-corrected chi connectivity index (χ3v) is 8.08. The third kappa shape index (κ3) is 32.8. The number of hydrogen-bond donors (Lipinski definition) is 5. The lowest BCUT2D eigenvalue weighted by Gasteiger charge is -2.16. The van der Waals surface area contributed by atoms with Gasteiger partial charge >= 0.3 is 17.9 Å². The number of Topliss-reactive ketones (excluding diaryl/α,β-unsaturated/α-hetero) is 3. The molecule has 310 valence electrons. The molecule has 0 spiro atoms. The molecule has 54 heavy (non-hydrogen) atoms. The predicted molar refractivity (Wildman–Crippen MR) is 194 cm³/mol. The zero-order valence-corrected chi connectivity index (χ0v) is 31.8. The number of amides is 2. The molecule has 2 amide bonds. The van der Waals surface area contributed by atoms with Crippen LogP contribution in [0.25, 0.3) is 0 Å². The van der Waals surface area contributed by atoms with Gasteiger partial charge in [0.25, 0.3) is 0 Å². The lowest BCUT2D eigenvalue weighted by atomic mass is 9.94. The average molecular weight is 775 g/mol. The highest BCUT2D eigenvalue weighted by molar-refractivity contribution is 5.86. The van der Waals surface area contributed by atoms with Crippen LogP contribution in [-0.2, 0) is 57.3 Å². The van der Waals surface area contributed by atoms with Gasteiger partial charge in [0.2, 0.25) is 11.8 Å². The zero-order valence-electron chi connectivity index (χ0n) is 31.8. The number of ether oxygens (including phenoxy) is 4. The van der Waals surface area contributed by atoms with Crippen molar-refractivity contribution in [2.75, 3.05) is 59.4 Å². The minimum atomic E-state index is -1.33.